The number of nitrogens with one attached hydrogen (secondary N) is 1. The molecule has 0 spiro atoms. The summed E-state index contributed by atoms with van der Waals surface area (Å²) >= 11 is 0. The van der Waals surface area contributed by atoms with E-state index in [0.29, 0.717) is 12.0 Å². The van der Waals surface area contributed by atoms with Gasteiger partial charge in [-0.2, -0.15) is 0 Å². The van der Waals surface area contributed by atoms with Gasteiger partial charge in [0.25, 0.3) is 0 Å². The topological polar surface area (TPSA) is 38.0 Å². The van der Waals surface area contributed by atoms with Gasteiger partial charge in [0, 0.05) is 17.8 Å². The summed E-state index contributed by atoms with van der Waals surface area (Å²) in [6.45, 7) is 0. The summed E-state index contributed by atoms with van der Waals surface area (Å²) in [5.41, 5.74) is 8.31. The number of benzene rings is 1. The summed E-state index contributed by atoms with van der Waals surface area (Å²) in [6.07, 6.45) is 6.18. The fraction of sp³-hybridized carbons (Fsp3) is 0.571. The highest BCUT2D eigenvalue weighted by Crippen LogP contribution is 2.41. The molecule has 1 aromatic carbocycles. The minimum atomic E-state index is -0.187. The highest BCUT2D eigenvalue weighted by Gasteiger charge is 2.34. The predicted octanol–water partition coefficient (Wildman–Crippen LogP) is 3.20. The van der Waals surface area contributed by atoms with Crippen molar-refractivity contribution in [2.45, 2.75) is 44.2 Å². The first-order valence-electron chi connectivity index (χ1n) is 6.57. The SMILES string of the molecule is NC1c2cc(F)ccc2NC2CCCCCC21. The molecule has 1 fully saturated rings. The van der Waals surface area contributed by atoms with Gasteiger partial charge in [0.15, 0.2) is 0 Å². The summed E-state index contributed by atoms with van der Waals surface area (Å²) in [7, 11) is 0. The number of rotatable bonds is 0. The molecular formula is C14H19FN2. The van der Waals surface area contributed by atoms with Crippen LogP contribution < -0.4 is 11.1 Å². The molecular weight excluding hydrogens is 215 g/mol. The van der Waals surface area contributed by atoms with Crippen LogP contribution in [0.1, 0.15) is 43.7 Å². The summed E-state index contributed by atoms with van der Waals surface area (Å²) in [5.74, 6) is 0.278. The molecule has 3 rings (SSSR count). The Kier molecular flexibility index (Phi) is 2.79. The lowest BCUT2D eigenvalue weighted by Gasteiger charge is -2.38. The molecule has 0 saturated heterocycles. The fourth-order valence-corrected chi connectivity index (χ4v) is 3.32. The quantitative estimate of drug-likeness (QED) is 0.723. The highest BCUT2D eigenvalue weighted by atomic mass is 19.1. The van der Waals surface area contributed by atoms with Crippen LogP contribution in [0.5, 0.6) is 0 Å². The van der Waals surface area contributed by atoms with Gasteiger partial charge in [-0.05, 0) is 42.5 Å². The Labute approximate surface area is 101 Å². The van der Waals surface area contributed by atoms with Gasteiger partial charge in [-0.3, -0.25) is 0 Å². The summed E-state index contributed by atoms with van der Waals surface area (Å²) < 4.78 is 13.3. The molecule has 1 saturated carbocycles. The van der Waals surface area contributed by atoms with E-state index in [1.54, 1.807) is 6.07 Å². The van der Waals surface area contributed by atoms with Gasteiger partial charge in [-0.1, -0.05) is 19.3 Å². The van der Waals surface area contributed by atoms with Crippen LogP contribution in [-0.4, -0.2) is 6.04 Å². The maximum Gasteiger partial charge on any atom is 0.123 e. The van der Waals surface area contributed by atoms with Crippen LogP contribution >= 0.6 is 0 Å². The van der Waals surface area contributed by atoms with E-state index in [2.05, 4.69) is 5.32 Å². The van der Waals surface area contributed by atoms with Gasteiger partial charge in [-0.15, -0.1) is 0 Å². The van der Waals surface area contributed by atoms with Crippen LogP contribution in [0.2, 0.25) is 0 Å². The number of hydrogen-bond donors (Lipinski definition) is 2. The van der Waals surface area contributed by atoms with Crippen LogP contribution in [0.4, 0.5) is 10.1 Å². The van der Waals surface area contributed by atoms with Gasteiger partial charge in [0.1, 0.15) is 5.82 Å². The third kappa shape index (κ3) is 1.93. The number of anilines is 1. The predicted molar refractivity (Wildman–Crippen MR) is 67.3 cm³/mol. The van der Waals surface area contributed by atoms with Gasteiger partial charge in [0.05, 0.1) is 0 Å². The van der Waals surface area contributed by atoms with Crippen molar-refractivity contribution < 1.29 is 4.39 Å². The summed E-state index contributed by atoms with van der Waals surface area (Å²) in [6, 6.07) is 5.39. The number of nitrogens with two attached hydrogens (primary N) is 1. The minimum Gasteiger partial charge on any atom is -0.382 e. The molecule has 0 bridgehead atoms. The second kappa shape index (κ2) is 4.30. The fourth-order valence-electron chi connectivity index (χ4n) is 3.32. The highest BCUT2D eigenvalue weighted by molar-refractivity contribution is 5.56. The van der Waals surface area contributed by atoms with Crippen LogP contribution in [0.3, 0.4) is 0 Å². The van der Waals surface area contributed by atoms with Gasteiger partial charge in [0.2, 0.25) is 0 Å². The first kappa shape index (κ1) is 11.0. The van der Waals surface area contributed by atoms with E-state index in [1.807, 2.05) is 6.07 Å². The van der Waals surface area contributed by atoms with E-state index in [9.17, 15) is 4.39 Å². The molecule has 2 nitrogen and oxygen atoms in total. The first-order valence-corrected chi connectivity index (χ1v) is 6.57. The zero-order chi connectivity index (χ0) is 11.8. The second-order valence-corrected chi connectivity index (χ2v) is 5.31. The zero-order valence-corrected chi connectivity index (χ0v) is 9.95. The maximum absolute atomic E-state index is 13.3. The third-order valence-corrected chi connectivity index (χ3v) is 4.24. The van der Waals surface area contributed by atoms with Crippen LogP contribution in [-0.2, 0) is 0 Å². The average molecular weight is 234 g/mol. The van der Waals surface area contributed by atoms with Crippen molar-refractivity contribution in [2.24, 2.45) is 11.7 Å². The van der Waals surface area contributed by atoms with E-state index >= 15 is 0 Å². The molecule has 1 aromatic rings. The molecule has 0 amide bonds. The Morgan fingerprint density at radius 2 is 2.00 bits per heavy atom. The summed E-state index contributed by atoms with van der Waals surface area (Å²) in [5, 5.41) is 3.55. The first-order chi connectivity index (χ1) is 8.25. The molecule has 1 aliphatic heterocycles. The molecule has 1 aliphatic carbocycles. The Morgan fingerprint density at radius 1 is 1.18 bits per heavy atom. The molecule has 3 unspecified atom stereocenters. The van der Waals surface area contributed by atoms with Crippen molar-refractivity contribution in [3.05, 3.63) is 29.6 Å². The van der Waals surface area contributed by atoms with E-state index in [1.165, 1.54) is 31.7 Å². The van der Waals surface area contributed by atoms with Gasteiger partial charge >= 0.3 is 0 Å². The lowest BCUT2D eigenvalue weighted by Crippen LogP contribution is -2.40. The van der Waals surface area contributed by atoms with Crippen LogP contribution in [0, 0.1) is 11.7 Å². The second-order valence-electron chi connectivity index (χ2n) is 5.31. The zero-order valence-electron chi connectivity index (χ0n) is 9.95. The normalized spacial score (nSPS) is 32.0. The number of hydrogen-bond acceptors (Lipinski definition) is 2. The smallest absolute Gasteiger partial charge is 0.123 e. The molecule has 0 radical (unpaired) electrons. The van der Waals surface area contributed by atoms with Crippen molar-refractivity contribution >= 4 is 5.69 Å². The van der Waals surface area contributed by atoms with Crippen molar-refractivity contribution in [3.8, 4) is 0 Å². The lowest BCUT2D eigenvalue weighted by atomic mass is 9.80. The van der Waals surface area contributed by atoms with Crippen molar-refractivity contribution in [3.63, 3.8) is 0 Å². The van der Waals surface area contributed by atoms with Gasteiger partial charge in [-0.25, -0.2) is 4.39 Å². The Hall–Kier alpha value is -1.09. The molecule has 3 heteroatoms. The average Bonchev–Trinajstić information content (AvgIpc) is 2.56. The van der Waals surface area contributed by atoms with E-state index in [0.717, 1.165) is 17.7 Å². The Balaban J connectivity index is 1.97. The summed E-state index contributed by atoms with van der Waals surface area (Å²) in [4.78, 5) is 0. The van der Waals surface area contributed by atoms with Crippen LogP contribution in [0.25, 0.3) is 0 Å². The molecule has 0 aromatic heterocycles. The molecule has 3 N–H and O–H groups in total. The van der Waals surface area contributed by atoms with Crippen LogP contribution in [0.15, 0.2) is 18.2 Å². The monoisotopic (exact) mass is 234 g/mol. The lowest BCUT2D eigenvalue weighted by molar-refractivity contribution is 0.339. The molecule has 1 heterocycles. The number of fused-ring (bicyclic) bond motifs is 2. The van der Waals surface area contributed by atoms with E-state index < -0.39 is 0 Å². The number of halogens is 1. The largest absolute Gasteiger partial charge is 0.382 e. The molecule has 92 valence electrons. The minimum absolute atomic E-state index is 0.00921. The molecule has 3 atom stereocenters. The van der Waals surface area contributed by atoms with Crippen molar-refractivity contribution in [1.82, 2.24) is 0 Å². The Morgan fingerprint density at radius 3 is 2.88 bits per heavy atom. The molecule has 17 heavy (non-hydrogen) atoms. The Bertz CT molecular complexity index is 419. The van der Waals surface area contributed by atoms with Crippen molar-refractivity contribution in [1.29, 1.82) is 0 Å². The maximum atomic E-state index is 13.3. The van der Waals surface area contributed by atoms with E-state index in [-0.39, 0.29) is 11.9 Å². The van der Waals surface area contributed by atoms with E-state index in [4.69, 9.17) is 5.73 Å². The standard InChI is InChI=1S/C14H19FN2/c15-9-6-7-13-11(8-9)14(16)10-4-2-1-3-5-12(10)17-13/h6-8,10,12,14,17H,1-5,16H2. The van der Waals surface area contributed by atoms with Crippen molar-refractivity contribution in [2.75, 3.05) is 5.32 Å². The third-order valence-electron chi connectivity index (χ3n) is 4.24. The van der Waals surface area contributed by atoms with Gasteiger partial charge < -0.3 is 11.1 Å². The molecule has 2 aliphatic rings.